The number of ether oxygens (including phenoxy) is 1. The van der Waals surface area contributed by atoms with Crippen LogP contribution in [0.1, 0.15) is 40.1 Å². The molecule has 150 valence electrons. The number of carbonyl (C=O) groups is 2. The summed E-state index contributed by atoms with van der Waals surface area (Å²) in [4.78, 5) is 40.1. The number of nitrogens with one attached hydrogen (secondary N) is 2. The van der Waals surface area contributed by atoms with Crippen molar-refractivity contribution in [1.29, 1.82) is 0 Å². The average Bonchev–Trinajstić information content (AvgIpc) is 3.36. The van der Waals surface area contributed by atoms with Crippen LogP contribution in [0.25, 0.3) is 10.9 Å². The monoisotopic (exact) mass is 394 g/mol. The molecular weight excluding hydrogens is 372 g/mol. The summed E-state index contributed by atoms with van der Waals surface area (Å²) in [5.41, 5.74) is 0.934. The number of carbonyl (C=O) groups excluding carboxylic acids is 2. The van der Waals surface area contributed by atoms with Crippen LogP contribution in [0.3, 0.4) is 0 Å². The standard InChI is InChI=1S/C22H22N2O5/c1-13-11-15(8-7-14-12-23-17-6-4-3-5-16(14)17)29-20(26)18(13)19(25)24-22(9-10-22)21(27)28-2/h3-6,11-12,23H,7-10H2,1-2H3,(H,24,25). The second-order valence-electron chi connectivity index (χ2n) is 7.45. The first-order valence-electron chi connectivity index (χ1n) is 9.53. The lowest BCUT2D eigenvalue weighted by molar-refractivity contribution is -0.144. The Morgan fingerprint density at radius 3 is 2.69 bits per heavy atom. The van der Waals surface area contributed by atoms with Crippen molar-refractivity contribution in [2.45, 2.75) is 38.1 Å². The van der Waals surface area contributed by atoms with Crippen LogP contribution in [-0.4, -0.2) is 29.5 Å². The molecule has 0 atom stereocenters. The molecule has 1 aliphatic carbocycles. The van der Waals surface area contributed by atoms with Crippen molar-refractivity contribution >= 4 is 22.8 Å². The molecule has 1 fully saturated rings. The number of esters is 1. The maximum atomic E-state index is 12.6. The Labute approximate surface area is 167 Å². The zero-order valence-corrected chi connectivity index (χ0v) is 16.3. The van der Waals surface area contributed by atoms with Gasteiger partial charge >= 0.3 is 11.6 Å². The van der Waals surface area contributed by atoms with Crippen LogP contribution in [-0.2, 0) is 22.4 Å². The number of methoxy groups -OCH3 is 1. The summed E-state index contributed by atoms with van der Waals surface area (Å²) < 4.78 is 10.1. The van der Waals surface area contributed by atoms with Crippen molar-refractivity contribution in [2.24, 2.45) is 0 Å². The van der Waals surface area contributed by atoms with Crippen LogP contribution in [0.15, 0.2) is 45.7 Å². The maximum Gasteiger partial charge on any atom is 0.349 e. The number of aromatic nitrogens is 1. The van der Waals surface area contributed by atoms with Gasteiger partial charge in [0, 0.05) is 23.5 Å². The van der Waals surface area contributed by atoms with Crippen molar-refractivity contribution in [3.05, 3.63) is 69.4 Å². The number of para-hydroxylation sites is 1. The molecule has 1 saturated carbocycles. The first-order chi connectivity index (χ1) is 13.9. The summed E-state index contributed by atoms with van der Waals surface area (Å²) in [5.74, 6) is -0.589. The molecule has 0 spiro atoms. The number of aromatic amines is 1. The van der Waals surface area contributed by atoms with Gasteiger partial charge in [0.25, 0.3) is 5.91 Å². The molecule has 1 amide bonds. The highest BCUT2D eigenvalue weighted by atomic mass is 16.5. The van der Waals surface area contributed by atoms with Crippen molar-refractivity contribution in [3.8, 4) is 0 Å². The third kappa shape index (κ3) is 3.55. The number of H-pyrrole nitrogens is 1. The van der Waals surface area contributed by atoms with Gasteiger partial charge in [-0.3, -0.25) is 4.79 Å². The molecule has 1 aliphatic rings. The van der Waals surface area contributed by atoms with E-state index in [-0.39, 0.29) is 5.56 Å². The van der Waals surface area contributed by atoms with Gasteiger partial charge in [0.05, 0.1) is 7.11 Å². The Morgan fingerprint density at radius 1 is 1.24 bits per heavy atom. The molecule has 4 rings (SSSR count). The Morgan fingerprint density at radius 2 is 2.00 bits per heavy atom. The molecule has 0 unspecified atom stereocenters. The number of hydrogen-bond acceptors (Lipinski definition) is 5. The van der Waals surface area contributed by atoms with Crippen LogP contribution in [0.4, 0.5) is 0 Å². The summed E-state index contributed by atoms with van der Waals surface area (Å²) in [5, 5.41) is 3.77. The molecule has 29 heavy (non-hydrogen) atoms. The molecule has 7 nitrogen and oxygen atoms in total. The Bertz CT molecular complexity index is 1150. The van der Waals surface area contributed by atoms with Gasteiger partial charge in [-0.1, -0.05) is 18.2 Å². The van der Waals surface area contributed by atoms with Crippen LogP contribution in [0, 0.1) is 6.92 Å². The second kappa shape index (κ2) is 7.24. The third-order valence-corrected chi connectivity index (χ3v) is 5.42. The molecule has 1 aromatic carbocycles. The van der Waals surface area contributed by atoms with Crippen molar-refractivity contribution < 1.29 is 18.7 Å². The molecule has 2 aromatic heterocycles. The first kappa shape index (κ1) is 19.0. The number of amides is 1. The van der Waals surface area contributed by atoms with Crippen molar-refractivity contribution in [2.75, 3.05) is 7.11 Å². The summed E-state index contributed by atoms with van der Waals surface area (Å²) in [6.07, 6.45) is 4.19. The molecule has 3 aromatic rings. The lowest BCUT2D eigenvalue weighted by atomic mass is 10.0. The molecule has 7 heteroatoms. The predicted molar refractivity (Wildman–Crippen MR) is 107 cm³/mol. The fraction of sp³-hybridized carbons (Fsp3) is 0.318. The molecule has 2 N–H and O–H groups in total. The van der Waals surface area contributed by atoms with E-state index in [1.165, 1.54) is 7.11 Å². The minimum Gasteiger partial charge on any atom is -0.467 e. The highest BCUT2D eigenvalue weighted by Gasteiger charge is 2.52. The van der Waals surface area contributed by atoms with Crippen molar-refractivity contribution in [1.82, 2.24) is 10.3 Å². The molecule has 0 aliphatic heterocycles. The predicted octanol–water partition coefficient (Wildman–Crippen LogP) is 2.65. The summed E-state index contributed by atoms with van der Waals surface area (Å²) in [6, 6.07) is 9.73. The van der Waals surface area contributed by atoms with E-state index >= 15 is 0 Å². The van der Waals surface area contributed by atoms with Gasteiger partial charge in [-0.05, 0) is 49.4 Å². The van der Waals surface area contributed by atoms with Crippen LogP contribution in [0.2, 0.25) is 0 Å². The minimum absolute atomic E-state index is 0.0731. The zero-order chi connectivity index (χ0) is 20.6. The normalized spacial score (nSPS) is 14.6. The largest absolute Gasteiger partial charge is 0.467 e. The number of fused-ring (bicyclic) bond motifs is 1. The van der Waals surface area contributed by atoms with Crippen molar-refractivity contribution in [3.63, 3.8) is 0 Å². The highest BCUT2D eigenvalue weighted by molar-refractivity contribution is 5.99. The minimum atomic E-state index is -1.02. The number of rotatable bonds is 6. The summed E-state index contributed by atoms with van der Waals surface area (Å²) in [6.45, 7) is 1.69. The Hall–Kier alpha value is -3.35. The third-order valence-electron chi connectivity index (χ3n) is 5.42. The zero-order valence-electron chi connectivity index (χ0n) is 16.3. The van der Waals surface area contributed by atoms with E-state index in [0.717, 1.165) is 16.5 Å². The van der Waals surface area contributed by atoms with Gasteiger partial charge in [0.2, 0.25) is 0 Å². The van der Waals surface area contributed by atoms with E-state index in [9.17, 15) is 14.4 Å². The lowest BCUT2D eigenvalue weighted by Gasteiger charge is -2.15. The Balaban J connectivity index is 1.50. The fourth-order valence-corrected chi connectivity index (χ4v) is 3.65. The summed E-state index contributed by atoms with van der Waals surface area (Å²) in [7, 11) is 1.27. The van der Waals surface area contributed by atoms with E-state index in [4.69, 9.17) is 9.15 Å². The fourth-order valence-electron chi connectivity index (χ4n) is 3.65. The van der Waals surface area contributed by atoms with Crippen LogP contribution >= 0.6 is 0 Å². The van der Waals surface area contributed by atoms with Gasteiger partial charge in [0.1, 0.15) is 16.9 Å². The second-order valence-corrected chi connectivity index (χ2v) is 7.45. The first-order valence-corrected chi connectivity index (χ1v) is 9.53. The number of aryl methyl sites for hydroxylation is 3. The lowest BCUT2D eigenvalue weighted by Crippen LogP contribution is -2.45. The van der Waals surface area contributed by atoms with E-state index in [1.54, 1.807) is 13.0 Å². The van der Waals surface area contributed by atoms with Gasteiger partial charge in [-0.25, -0.2) is 9.59 Å². The van der Waals surface area contributed by atoms with Crippen LogP contribution < -0.4 is 10.9 Å². The quantitative estimate of drug-likeness (QED) is 0.626. The molecule has 0 bridgehead atoms. The van der Waals surface area contributed by atoms with E-state index in [2.05, 4.69) is 10.3 Å². The summed E-state index contributed by atoms with van der Waals surface area (Å²) >= 11 is 0. The molecular formula is C22H22N2O5. The van der Waals surface area contributed by atoms with Gasteiger partial charge < -0.3 is 19.5 Å². The topological polar surface area (TPSA) is 101 Å². The highest BCUT2D eigenvalue weighted by Crippen LogP contribution is 2.36. The van der Waals surface area contributed by atoms with E-state index in [0.29, 0.717) is 37.0 Å². The Kier molecular flexibility index (Phi) is 4.74. The molecule has 2 heterocycles. The number of hydrogen-bond donors (Lipinski definition) is 2. The van der Waals surface area contributed by atoms with Gasteiger partial charge in [-0.2, -0.15) is 0 Å². The van der Waals surface area contributed by atoms with Gasteiger partial charge in [-0.15, -0.1) is 0 Å². The average molecular weight is 394 g/mol. The van der Waals surface area contributed by atoms with Crippen LogP contribution in [0.5, 0.6) is 0 Å². The van der Waals surface area contributed by atoms with Gasteiger partial charge in [0.15, 0.2) is 0 Å². The maximum absolute atomic E-state index is 12.6. The number of benzene rings is 1. The SMILES string of the molecule is COC(=O)C1(NC(=O)c2c(C)cc(CCc3c[nH]c4ccccc34)oc2=O)CC1. The van der Waals surface area contributed by atoms with E-state index < -0.39 is 23.0 Å². The molecule has 0 saturated heterocycles. The smallest absolute Gasteiger partial charge is 0.349 e. The molecule has 0 radical (unpaired) electrons. The van der Waals surface area contributed by atoms with E-state index in [1.807, 2.05) is 30.5 Å².